The molecule has 0 unspecified atom stereocenters. The molecule has 2 heterocycles. The third kappa shape index (κ3) is 5.22. The molecule has 1 aliphatic rings. The molecule has 0 aliphatic carbocycles. The second-order valence-corrected chi connectivity index (χ2v) is 5.83. The maximum Gasteiger partial charge on any atom is 0.277 e. The van der Waals surface area contributed by atoms with Crippen molar-refractivity contribution in [1.82, 2.24) is 30.5 Å². The minimum absolute atomic E-state index is 0. The summed E-state index contributed by atoms with van der Waals surface area (Å²) in [5.41, 5.74) is 0.355. The Balaban J connectivity index is 0.00000225. The molecule has 1 aliphatic heterocycles. The summed E-state index contributed by atoms with van der Waals surface area (Å²) in [6.07, 6.45) is 0.217. The third-order valence-corrected chi connectivity index (χ3v) is 4.14. The summed E-state index contributed by atoms with van der Waals surface area (Å²) in [6, 6.07) is 7.07. The zero-order valence-corrected chi connectivity index (χ0v) is 14.8. The number of halogens is 1. The molecule has 2 N–H and O–H groups in total. The highest BCUT2D eigenvalue weighted by molar-refractivity contribution is 5.85. The first-order valence-electron chi connectivity index (χ1n) is 8.26. The van der Waals surface area contributed by atoms with Gasteiger partial charge in [-0.05, 0) is 12.1 Å². The summed E-state index contributed by atoms with van der Waals surface area (Å²) in [4.78, 5) is 26.5. The Morgan fingerprint density at radius 3 is 2.76 bits per heavy atom. The average Bonchev–Trinajstić information content (AvgIpc) is 2.62. The Morgan fingerprint density at radius 2 is 1.96 bits per heavy atom. The smallest absolute Gasteiger partial charge is 0.277 e. The highest BCUT2D eigenvalue weighted by atomic mass is 35.5. The molecule has 3 rings (SSSR count). The van der Waals surface area contributed by atoms with Gasteiger partial charge in [-0.3, -0.25) is 14.5 Å². The highest BCUT2D eigenvalue weighted by Gasteiger charge is 2.10. The summed E-state index contributed by atoms with van der Waals surface area (Å²) in [5, 5.41) is 14.6. The van der Waals surface area contributed by atoms with E-state index in [0.717, 1.165) is 32.7 Å². The number of hydrogen-bond donors (Lipinski definition) is 2. The van der Waals surface area contributed by atoms with Gasteiger partial charge in [-0.2, -0.15) is 0 Å². The first-order valence-corrected chi connectivity index (χ1v) is 8.26. The molecule has 1 fully saturated rings. The average molecular weight is 367 g/mol. The highest BCUT2D eigenvalue weighted by Crippen LogP contribution is 2.03. The van der Waals surface area contributed by atoms with Crippen LogP contribution in [0.5, 0.6) is 0 Å². The predicted molar refractivity (Wildman–Crippen MR) is 98.0 cm³/mol. The summed E-state index contributed by atoms with van der Waals surface area (Å²) < 4.78 is 1.25. The Kier molecular flexibility index (Phi) is 7.30. The number of piperazine rings is 1. The molecule has 2 aromatic rings. The third-order valence-electron chi connectivity index (χ3n) is 4.14. The van der Waals surface area contributed by atoms with E-state index in [4.69, 9.17) is 0 Å². The first-order chi connectivity index (χ1) is 11.7. The van der Waals surface area contributed by atoms with Gasteiger partial charge in [-0.25, -0.2) is 4.68 Å². The van der Waals surface area contributed by atoms with E-state index in [1.165, 1.54) is 4.68 Å². The fourth-order valence-corrected chi connectivity index (χ4v) is 2.75. The minimum atomic E-state index is -0.214. The van der Waals surface area contributed by atoms with Crippen molar-refractivity contribution in [2.24, 2.45) is 0 Å². The second-order valence-electron chi connectivity index (χ2n) is 5.83. The molecular weight excluding hydrogens is 344 g/mol. The lowest BCUT2D eigenvalue weighted by molar-refractivity contribution is -0.121. The van der Waals surface area contributed by atoms with E-state index in [1.807, 2.05) is 6.07 Å². The van der Waals surface area contributed by atoms with Gasteiger partial charge in [0.2, 0.25) is 5.91 Å². The molecule has 1 aromatic heterocycles. The maximum absolute atomic E-state index is 12.3. The van der Waals surface area contributed by atoms with Crippen LogP contribution in [0, 0.1) is 0 Å². The van der Waals surface area contributed by atoms with Crippen LogP contribution in [0.3, 0.4) is 0 Å². The van der Waals surface area contributed by atoms with Crippen LogP contribution in [0.15, 0.2) is 29.1 Å². The fraction of sp³-hybridized carbons (Fsp3) is 0.500. The molecule has 0 atom stereocenters. The SMILES string of the molecule is Cl.O=C(CCn1nnc2ccccc2c1=O)NCCN1CCNCC1. The van der Waals surface area contributed by atoms with Crippen LogP contribution in [0.2, 0.25) is 0 Å². The number of amides is 1. The number of nitrogens with one attached hydrogen (secondary N) is 2. The van der Waals surface area contributed by atoms with E-state index >= 15 is 0 Å². The molecule has 1 amide bonds. The quantitative estimate of drug-likeness (QED) is 0.724. The van der Waals surface area contributed by atoms with Crippen molar-refractivity contribution < 1.29 is 4.79 Å². The van der Waals surface area contributed by atoms with E-state index in [-0.39, 0.29) is 36.8 Å². The lowest BCUT2D eigenvalue weighted by atomic mass is 10.2. The van der Waals surface area contributed by atoms with Crippen LogP contribution in [-0.2, 0) is 11.3 Å². The molecule has 9 heteroatoms. The molecule has 0 bridgehead atoms. The molecule has 1 aromatic carbocycles. The number of carbonyl (C=O) groups is 1. The van der Waals surface area contributed by atoms with Gasteiger partial charge in [-0.15, -0.1) is 17.5 Å². The van der Waals surface area contributed by atoms with Gasteiger partial charge < -0.3 is 10.6 Å². The van der Waals surface area contributed by atoms with Gasteiger partial charge in [0.15, 0.2) is 0 Å². The van der Waals surface area contributed by atoms with E-state index in [9.17, 15) is 9.59 Å². The molecule has 0 radical (unpaired) electrons. The van der Waals surface area contributed by atoms with E-state index < -0.39 is 0 Å². The Hall–Kier alpha value is -2.03. The number of benzene rings is 1. The van der Waals surface area contributed by atoms with Crippen molar-refractivity contribution in [3.05, 3.63) is 34.6 Å². The summed E-state index contributed by atoms with van der Waals surface area (Å²) in [5.74, 6) is -0.0769. The number of aryl methyl sites for hydroxylation is 1. The predicted octanol–water partition coefficient (Wildman–Crippen LogP) is -0.375. The lowest BCUT2D eigenvalue weighted by Crippen LogP contribution is -2.46. The van der Waals surface area contributed by atoms with Crippen molar-refractivity contribution in [3.8, 4) is 0 Å². The van der Waals surface area contributed by atoms with Crippen LogP contribution in [0.1, 0.15) is 6.42 Å². The Labute approximate surface area is 152 Å². The van der Waals surface area contributed by atoms with E-state index in [2.05, 4.69) is 25.8 Å². The number of aromatic nitrogens is 3. The van der Waals surface area contributed by atoms with Gasteiger partial charge in [0.05, 0.1) is 11.9 Å². The van der Waals surface area contributed by atoms with Crippen LogP contribution < -0.4 is 16.2 Å². The second kappa shape index (κ2) is 9.45. The molecule has 8 nitrogen and oxygen atoms in total. The zero-order chi connectivity index (χ0) is 16.8. The molecule has 25 heavy (non-hydrogen) atoms. The van der Waals surface area contributed by atoms with Crippen LogP contribution in [0.25, 0.3) is 10.9 Å². The van der Waals surface area contributed by atoms with Gasteiger partial charge in [0.25, 0.3) is 5.56 Å². The van der Waals surface area contributed by atoms with Crippen molar-refractivity contribution >= 4 is 29.2 Å². The largest absolute Gasteiger partial charge is 0.355 e. The van der Waals surface area contributed by atoms with E-state index in [0.29, 0.717) is 17.4 Å². The summed E-state index contributed by atoms with van der Waals surface area (Å²) in [7, 11) is 0. The number of nitrogens with zero attached hydrogens (tertiary/aromatic N) is 4. The summed E-state index contributed by atoms with van der Waals surface area (Å²) in [6.45, 7) is 5.72. The van der Waals surface area contributed by atoms with Crippen molar-refractivity contribution in [1.29, 1.82) is 0 Å². The van der Waals surface area contributed by atoms with Gasteiger partial charge in [-0.1, -0.05) is 17.3 Å². The first kappa shape index (κ1) is 19.3. The zero-order valence-electron chi connectivity index (χ0n) is 14.0. The van der Waals surface area contributed by atoms with Crippen molar-refractivity contribution in [3.63, 3.8) is 0 Å². The van der Waals surface area contributed by atoms with Gasteiger partial charge in [0.1, 0.15) is 5.52 Å². The van der Waals surface area contributed by atoms with E-state index in [1.54, 1.807) is 18.2 Å². The van der Waals surface area contributed by atoms with Crippen LogP contribution in [-0.4, -0.2) is 65.1 Å². The molecular formula is C16H23ClN6O2. The molecule has 0 saturated carbocycles. The Morgan fingerprint density at radius 1 is 1.20 bits per heavy atom. The monoisotopic (exact) mass is 366 g/mol. The number of hydrogen-bond acceptors (Lipinski definition) is 6. The molecule has 136 valence electrons. The topological polar surface area (TPSA) is 92.1 Å². The molecule has 0 spiro atoms. The van der Waals surface area contributed by atoms with Gasteiger partial charge in [0, 0.05) is 45.7 Å². The summed E-state index contributed by atoms with van der Waals surface area (Å²) >= 11 is 0. The van der Waals surface area contributed by atoms with Crippen LogP contribution >= 0.6 is 12.4 Å². The van der Waals surface area contributed by atoms with Crippen molar-refractivity contribution in [2.75, 3.05) is 39.3 Å². The molecule has 1 saturated heterocycles. The van der Waals surface area contributed by atoms with Crippen molar-refractivity contribution in [2.45, 2.75) is 13.0 Å². The Bertz CT molecular complexity index is 760. The normalized spacial score (nSPS) is 14.9. The standard InChI is InChI=1S/C16H22N6O2.ClH/c23-15(18-8-12-21-10-6-17-7-11-21)5-9-22-16(24)13-3-1-2-4-14(13)19-20-22;/h1-4,17H,5-12H2,(H,18,23);1H. The van der Waals surface area contributed by atoms with Gasteiger partial charge >= 0.3 is 0 Å². The minimum Gasteiger partial charge on any atom is -0.355 e. The number of fused-ring (bicyclic) bond motifs is 1. The van der Waals surface area contributed by atoms with Crippen LogP contribution in [0.4, 0.5) is 0 Å². The lowest BCUT2D eigenvalue weighted by Gasteiger charge is -2.27. The number of carbonyl (C=O) groups excluding carboxylic acids is 1. The fourth-order valence-electron chi connectivity index (χ4n) is 2.75. The number of rotatable bonds is 6. The maximum atomic E-state index is 12.3.